The van der Waals surface area contributed by atoms with Crippen molar-refractivity contribution in [3.8, 4) is 5.75 Å². The van der Waals surface area contributed by atoms with Crippen LogP contribution < -0.4 is 5.73 Å². The fourth-order valence-corrected chi connectivity index (χ4v) is 8.30. The average molecular weight is 634 g/mol. The maximum absolute atomic E-state index is 16.3. The predicted molar refractivity (Wildman–Crippen MR) is 167 cm³/mol. The molecule has 0 unspecified atom stereocenters. The van der Waals surface area contributed by atoms with Crippen LogP contribution in [0.1, 0.15) is 66.1 Å². The fraction of sp³-hybridized carbons (Fsp3) is 0.457. The molecule has 6 rings (SSSR count). The van der Waals surface area contributed by atoms with Crippen molar-refractivity contribution >= 4 is 17.5 Å². The Balaban J connectivity index is 1.34. The van der Waals surface area contributed by atoms with E-state index in [9.17, 15) is 34.8 Å². The molecule has 6 N–H and O–H groups in total. The highest BCUT2D eigenvalue weighted by molar-refractivity contribution is 6.24. The van der Waals surface area contributed by atoms with Crippen molar-refractivity contribution in [3.05, 3.63) is 87.1 Å². The predicted octanol–water partition coefficient (Wildman–Crippen LogP) is 3.42. The van der Waals surface area contributed by atoms with Gasteiger partial charge in [-0.1, -0.05) is 44.2 Å². The number of aliphatic hydroxyl groups is 3. The van der Waals surface area contributed by atoms with Crippen molar-refractivity contribution in [1.82, 2.24) is 9.80 Å². The molecule has 4 atom stereocenters. The van der Waals surface area contributed by atoms with Crippen molar-refractivity contribution in [2.75, 3.05) is 26.2 Å². The van der Waals surface area contributed by atoms with E-state index >= 15 is 4.39 Å². The quantitative estimate of drug-likeness (QED) is 0.288. The maximum atomic E-state index is 16.3. The first kappa shape index (κ1) is 31.9. The number of nitrogens with zero attached hydrogens (tertiary/aromatic N) is 2. The summed E-state index contributed by atoms with van der Waals surface area (Å²) >= 11 is 0. The van der Waals surface area contributed by atoms with Gasteiger partial charge in [-0.25, -0.2) is 4.39 Å². The fourth-order valence-electron chi connectivity index (χ4n) is 8.30. The number of likely N-dealkylation sites (tertiary alicyclic amines) is 1. The topological polar surface area (TPSA) is 165 Å². The van der Waals surface area contributed by atoms with Gasteiger partial charge in [-0.05, 0) is 75.3 Å². The molecule has 0 bridgehead atoms. The molecule has 4 aliphatic rings. The minimum atomic E-state index is -2.73. The van der Waals surface area contributed by atoms with Crippen molar-refractivity contribution in [2.24, 2.45) is 17.6 Å². The van der Waals surface area contributed by atoms with Gasteiger partial charge < -0.3 is 26.2 Å². The molecule has 1 saturated heterocycles. The van der Waals surface area contributed by atoms with Gasteiger partial charge in [0.05, 0.1) is 11.6 Å². The third-order valence-corrected chi connectivity index (χ3v) is 10.6. The lowest BCUT2D eigenvalue weighted by atomic mass is 9.58. The van der Waals surface area contributed by atoms with Gasteiger partial charge in [-0.2, -0.15) is 0 Å². The van der Waals surface area contributed by atoms with E-state index in [0.29, 0.717) is 19.0 Å². The SMILES string of the molecule is CCN(CC)[C@@H]1C(O)=C(C(N)=O)C(=O)[C@@]2(O)C(O)=C3C(=O)c4c(O)cc(CN5CCC(c6ccccc6)CC5)c(F)c4C[C@H]3C[C@@H]12. The zero-order valence-electron chi connectivity index (χ0n) is 26.0. The highest BCUT2D eigenvalue weighted by atomic mass is 19.1. The summed E-state index contributed by atoms with van der Waals surface area (Å²) in [5, 5.41) is 45.6. The Bertz CT molecular complexity index is 1660. The van der Waals surface area contributed by atoms with E-state index in [1.807, 2.05) is 18.2 Å². The summed E-state index contributed by atoms with van der Waals surface area (Å²) in [5.41, 5.74) is 2.80. The van der Waals surface area contributed by atoms with Crippen LogP contribution in [-0.4, -0.2) is 85.5 Å². The van der Waals surface area contributed by atoms with Crippen molar-refractivity contribution in [2.45, 2.75) is 63.6 Å². The molecule has 0 radical (unpaired) electrons. The van der Waals surface area contributed by atoms with Gasteiger partial charge >= 0.3 is 0 Å². The van der Waals surface area contributed by atoms with Gasteiger partial charge in [0.2, 0.25) is 5.78 Å². The summed E-state index contributed by atoms with van der Waals surface area (Å²) in [4.78, 5) is 43.6. The molecule has 0 aromatic heterocycles. The molecule has 0 saturated carbocycles. The lowest BCUT2D eigenvalue weighted by molar-refractivity contribution is -0.149. The van der Waals surface area contributed by atoms with Crippen LogP contribution in [0, 0.1) is 17.7 Å². The summed E-state index contributed by atoms with van der Waals surface area (Å²) in [6.07, 6.45) is 1.66. The van der Waals surface area contributed by atoms with E-state index in [2.05, 4.69) is 17.0 Å². The summed E-state index contributed by atoms with van der Waals surface area (Å²) in [6, 6.07) is 10.4. The molecule has 2 aromatic carbocycles. The number of ketones is 2. The number of likely N-dealkylation sites (N-methyl/N-ethyl adjacent to an activating group) is 1. The van der Waals surface area contributed by atoms with Gasteiger partial charge in [0, 0.05) is 29.2 Å². The summed E-state index contributed by atoms with van der Waals surface area (Å²) < 4.78 is 16.3. The Morgan fingerprint density at radius 1 is 1.07 bits per heavy atom. The van der Waals surface area contributed by atoms with Crippen LogP contribution in [-0.2, 0) is 22.6 Å². The van der Waals surface area contributed by atoms with Crippen LogP contribution in [0.3, 0.4) is 0 Å². The second-order valence-electron chi connectivity index (χ2n) is 12.9. The van der Waals surface area contributed by atoms with E-state index < -0.39 is 69.6 Å². The largest absolute Gasteiger partial charge is 0.510 e. The van der Waals surface area contributed by atoms with Gasteiger partial charge in [-0.15, -0.1) is 0 Å². The average Bonchev–Trinajstić information content (AvgIpc) is 3.03. The molecule has 2 aromatic rings. The number of hydrogen-bond acceptors (Lipinski definition) is 9. The van der Waals surface area contributed by atoms with Gasteiger partial charge in [0.15, 0.2) is 11.4 Å². The first-order valence-corrected chi connectivity index (χ1v) is 16.0. The summed E-state index contributed by atoms with van der Waals surface area (Å²) in [6.45, 7) is 6.03. The number of nitrogens with two attached hydrogens (primary N) is 1. The number of primary amides is 1. The van der Waals surface area contributed by atoms with Gasteiger partial charge in [-0.3, -0.25) is 24.2 Å². The van der Waals surface area contributed by atoms with Gasteiger partial charge in [0.1, 0.15) is 28.7 Å². The molecule has 1 aliphatic heterocycles. The number of amides is 1. The van der Waals surface area contributed by atoms with Crippen LogP contribution in [0.4, 0.5) is 4.39 Å². The Morgan fingerprint density at radius 2 is 1.72 bits per heavy atom. The zero-order valence-corrected chi connectivity index (χ0v) is 26.0. The minimum absolute atomic E-state index is 0.0188. The first-order valence-electron chi connectivity index (χ1n) is 16.0. The molecule has 1 heterocycles. The smallest absolute Gasteiger partial charge is 0.255 e. The third kappa shape index (κ3) is 4.83. The number of Topliss-reactive ketones (excluding diaryl/α,β-unsaturated/α-hetero) is 2. The number of hydrogen-bond donors (Lipinski definition) is 5. The van der Waals surface area contributed by atoms with Crippen LogP contribution in [0.15, 0.2) is 59.1 Å². The number of phenolic OH excluding ortho intramolecular Hbond substituents is 1. The normalized spacial score (nSPS) is 27.1. The molecule has 0 spiro atoms. The molecular weight excluding hydrogens is 593 g/mol. The van der Waals surface area contributed by atoms with E-state index in [4.69, 9.17) is 5.73 Å². The van der Waals surface area contributed by atoms with Crippen LogP contribution in [0.5, 0.6) is 5.75 Å². The number of benzene rings is 2. The summed E-state index contributed by atoms with van der Waals surface area (Å²) in [5.74, 6) is -7.66. The Hall–Kier alpha value is -4.06. The second kappa shape index (κ2) is 11.9. The van der Waals surface area contributed by atoms with E-state index in [1.165, 1.54) is 11.6 Å². The second-order valence-corrected chi connectivity index (χ2v) is 12.9. The summed E-state index contributed by atoms with van der Waals surface area (Å²) in [7, 11) is 0. The molecular formula is C35H40FN3O7. The van der Waals surface area contributed by atoms with Crippen molar-refractivity contribution in [1.29, 1.82) is 0 Å². The molecule has 1 amide bonds. The number of rotatable bonds is 7. The lowest BCUT2D eigenvalue weighted by Crippen LogP contribution is -2.64. The number of carbonyl (C=O) groups is 3. The number of phenols is 1. The number of carbonyl (C=O) groups excluding carboxylic acids is 3. The van der Waals surface area contributed by atoms with E-state index in [1.54, 1.807) is 18.7 Å². The standard InChI is InChI=1S/C35H40FN3O7/c1-3-39(4-2)29-23-15-20-14-22-26(30(41)25(20)32(43)35(23,46)33(44)27(31(29)42)34(37)45)24(40)16-21(28(22)36)17-38-12-10-19(11-13-38)18-8-6-5-7-9-18/h5-9,16,19-20,23,29,40,42-43,46H,3-4,10-15,17H2,1-2H3,(H2,37,45)/t20-,23-,29-,35-/m0/s1. The maximum Gasteiger partial charge on any atom is 0.255 e. The molecule has 11 heteroatoms. The molecule has 1 fully saturated rings. The third-order valence-electron chi connectivity index (χ3n) is 10.6. The Kier molecular flexibility index (Phi) is 8.28. The molecule has 3 aliphatic carbocycles. The Labute approximate surface area is 266 Å². The molecule has 244 valence electrons. The number of piperidine rings is 1. The van der Waals surface area contributed by atoms with E-state index in [0.717, 1.165) is 25.9 Å². The minimum Gasteiger partial charge on any atom is -0.510 e. The number of fused-ring (bicyclic) bond motifs is 3. The highest BCUT2D eigenvalue weighted by Crippen LogP contribution is 2.53. The molecule has 10 nitrogen and oxygen atoms in total. The van der Waals surface area contributed by atoms with E-state index in [-0.39, 0.29) is 41.6 Å². The van der Waals surface area contributed by atoms with Crippen molar-refractivity contribution < 1.29 is 39.2 Å². The molecule has 46 heavy (non-hydrogen) atoms. The zero-order chi connectivity index (χ0) is 33.1. The monoisotopic (exact) mass is 633 g/mol. The highest BCUT2D eigenvalue weighted by Gasteiger charge is 2.63. The Morgan fingerprint density at radius 3 is 2.33 bits per heavy atom. The first-order chi connectivity index (χ1) is 21.9. The lowest BCUT2D eigenvalue weighted by Gasteiger charge is -2.51. The van der Waals surface area contributed by atoms with Crippen LogP contribution in [0.2, 0.25) is 0 Å². The number of allylic oxidation sites excluding steroid dienone is 1. The van der Waals surface area contributed by atoms with Crippen molar-refractivity contribution in [3.63, 3.8) is 0 Å². The van der Waals surface area contributed by atoms with Crippen LogP contribution >= 0.6 is 0 Å². The number of aromatic hydroxyl groups is 1. The van der Waals surface area contributed by atoms with Gasteiger partial charge in [0.25, 0.3) is 5.91 Å². The number of aliphatic hydroxyl groups excluding tert-OH is 2. The van der Waals surface area contributed by atoms with Crippen LogP contribution in [0.25, 0.3) is 0 Å². The number of halogens is 1.